The lowest BCUT2D eigenvalue weighted by molar-refractivity contribution is -0.124. The number of ketones is 1. The number of Topliss-reactive ketones (excluding diaryl/α,β-unsaturated/α-hetero) is 1. The van der Waals surface area contributed by atoms with Gasteiger partial charge in [-0.3, -0.25) is 4.79 Å². The molecule has 0 bridgehead atoms. The molecule has 0 aromatic carbocycles. The van der Waals surface area contributed by atoms with Crippen molar-refractivity contribution >= 4 is 33.3 Å². The van der Waals surface area contributed by atoms with Crippen LogP contribution in [0.15, 0.2) is 0 Å². The number of hydrogen-bond donors (Lipinski definition) is 2. The van der Waals surface area contributed by atoms with E-state index in [2.05, 4.69) is 24.5 Å². The average Bonchev–Trinajstić information content (AvgIpc) is 2.29. The van der Waals surface area contributed by atoms with Crippen LogP contribution in [0.2, 0.25) is 0 Å². The zero-order valence-corrected chi connectivity index (χ0v) is 13.1. The third-order valence-corrected chi connectivity index (χ3v) is 4.44. The number of carbonyl (C=O) groups excluding carboxylic acids is 2. The molecule has 1 amide bonds. The van der Waals surface area contributed by atoms with Crippen molar-refractivity contribution in [3.63, 3.8) is 0 Å². The van der Waals surface area contributed by atoms with Crippen LogP contribution in [0.25, 0.3) is 0 Å². The van der Waals surface area contributed by atoms with E-state index < -0.39 is 0 Å². The molecule has 2 N–H and O–H groups in total. The van der Waals surface area contributed by atoms with E-state index in [0.29, 0.717) is 25.4 Å². The van der Waals surface area contributed by atoms with Gasteiger partial charge in [0, 0.05) is 43.5 Å². The second-order valence-electron chi connectivity index (χ2n) is 4.30. The molecule has 0 saturated carbocycles. The first-order valence-corrected chi connectivity index (χ1v) is 8.75. The average molecular weight is 292 g/mol. The van der Waals surface area contributed by atoms with Crippen LogP contribution in [-0.4, -0.2) is 42.3 Å². The Balaban J connectivity index is 3.20. The molecule has 106 valence electrons. The number of rotatable bonds is 11. The summed E-state index contributed by atoms with van der Waals surface area (Å²) in [5, 5.41) is 6.15. The van der Waals surface area contributed by atoms with Crippen molar-refractivity contribution in [3.05, 3.63) is 0 Å². The quantitative estimate of drug-likeness (QED) is 0.449. The Morgan fingerprint density at radius 3 is 2.22 bits per heavy atom. The second-order valence-corrected chi connectivity index (χ2v) is 7.01. The maximum atomic E-state index is 11.3. The van der Waals surface area contributed by atoms with Gasteiger partial charge in [-0.2, -0.15) is 0 Å². The molecule has 0 aliphatic heterocycles. The van der Waals surface area contributed by atoms with Crippen molar-refractivity contribution in [3.8, 4) is 0 Å². The van der Waals surface area contributed by atoms with Crippen molar-refractivity contribution in [2.45, 2.75) is 39.7 Å². The molecule has 0 spiro atoms. The van der Waals surface area contributed by atoms with Crippen LogP contribution in [-0.2, 0) is 9.59 Å². The van der Waals surface area contributed by atoms with E-state index in [1.807, 2.05) is 10.8 Å². The number of amides is 1. The van der Waals surface area contributed by atoms with Gasteiger partial charge in [0.25, 0.3) is 0 Å². The zero-order chi connectivity index (χ0) is 13.8. The Labute approximate surface area is 118 Å². The molecule has 4 nitrogen and oxygen atoms in total. The molecule has 0 atom stereocenters. The van der Waals surface area contributed by atoms with Gasteiger partial charge in [-0.15, -0.1) is 0 Å². The molecule has 0 aliphatic rings. The SMILES string of the molecule is CC(=O)CCC(=O)NCCSSCCNC(C)C. The highest BCUT2D eigenvalue weighted by molar-refractivity contribution is 8.76. The summed E-state index contributed by atoms with van der Waals surface area (Å²) >= 11 is 0. The molecule has 0 heterocycles. The molecule has 6 heteroatoms. The zero-order valence-electron chi connectivity index (χ0n) is 11.5. The molecule has 0 aromatic rings. The van der Waals surface area contributed by atoms with E-state index in [1.54, 1.807) is 10.8 Å². The molecule has 0 unspecified atom stereocenters. The molecule has 0 fully saturated rings. The minimum atomic E-state index is -0.0303. The lowest BCUT2D eigenvalue weighted by Crippen LogP contribution is -2.26. The topological polar surface area (TPSA) is 58.2 Å². The van der Waals surface area contributed by atoms with Gasteiger partial charge in [0.1, 0.15) is 5.78 Å². The van der Waals surface area contributed by atoms with E-state index in [0.717, 1.165) is 18.1 Å². The molecule has 0 aromatic heterocycles. The highest BCUT2D eigenvalue weighted by atomic mass is 33.1. The van der Waals surface area contributed by atoms with Gasteiger partial charge in [-0.1, -0.05) is 35.4 Å². The largest absolute Gasteiger partial charge is 0.355 e. The maximum absolute atomic E-state index is 11.3. The van der Waals surface area contributed by atoms with Gasteiger partial charge in [0.15, 0.2) is 0 Å². The van der Waals surface area contributed by atoms with E-state index >= 15 is 0 Å². The second kappa shape index (κ2) is 11.9. The third-order valence-electron chi connectivity index (χ3n) is 2.03. The van der Waals surface area contributed by atoms with Crippen LogP contribution in [0.5, 0.6) is 0 Å². The van der Waals surface area contributed by atoms with Gasteiger partial charge in [0.05, 0.1) is 0 Å². The van der Waals surface area contributed by atoms with Gasteiger partial charge in [0.2, 0.25) is 5.91 Å². The maximum Gasteiger partial charge on any atom is 0.220 e. The van der Waals surface area contributed by atoms with Gasteiger partial charge < -0.3 is 15.4 Å². The summed E-state index contributed by atoms with van der Waals surface area (Å²) in [5.74, 6) is 2.00. The van der Waals surface area contributed by atoms with E-state index in [4.69, 9.17) is 0 Å². The number of carbonyl (C=O) groups is 2. The summed E-state index contributed by atoms with van der Waals surface area (Å²) in [5.41, 5.74) is 0. The summed E-state index contributed by atoms with van der Waals surface area (Å²) in [4.78, 5) is 21.9. The van der Waals surface area contributed by atoms with Crippen LogP contribution in [0.1, 0.15) is 33.6 Å². The van der Waals surface area contributed by atoms with Gasteiger partial charge in [-0.25, -0.2) is 0 Å². The summed E-state index contributed by atoms with van der Waals surface area (Å²) in [6.45, 7) is 7.46. The predicted octanol–water partition coefficient (Wildman–Crippen LogP) is 1.85. The number of nitrogens with one attached hydrogen (secondary N) is 2. The Bertz CT molecular complexity index is 248. The first-order valence-electron chi connectivity index (χ1n) is 6.26. The Hall–Kier alpha value is -0.200. The van der Waals surface area contributed by atoms with Crippen LogP contribution < -0.4 is 10.6 Å². The molecule has 0 radical (unpaired) electrons. The standard InChI is InChI=1S/C12H24N2O2S2/c1-10(2)13-6-8-17-18-9-7-14-12(16)5-4-11(3)15/h10,13H,4-9H2,1-3H3,(H,14,16). The van der Waals surface area contributed by atoms with Gasteiger partial charge in [-0.05, 0) is 6.92 Å². The summed E-state index contributed by atoms with van der Waals surface area (Å²) < 4.78 is 0. The number of hydrogen-bond acceptors (Lipinski definition) is 5. The molecule has 0 rings (SSSR count). The Kier molecular flexibility index (Phi) is 11.7. The summed E-state index contributed by atoms with van der Waals surface area (Å²) in [7, 11) is 3.58. The van der Waals surface area contributed by atoms with Crippen molar-refractivity contribution in [2.24, 2.45) is 0 Å². The summed E-state index contributed by atoms with van der Waals surface area (Å²) in [6.07, 6.45) is 0.653. The van der Waals surface area contributed by atoms with Crippen molar-refractivity contribution in [1.82, 2.24) is 10.6 Å². The summed E-state index contributed by atoms with van der Waals surface area (Å²) in [6, 6.07) is 0.538. The monoisotopic (exact) mass is 292 g/mol. The lowest BCUT2D eigenvalue weighted by Gasteiger charge is -2.07. The van der Waals surface area contributed by atoms with Crippen LogP contribution in [0, 0.1) is 0 Å². The third kappa shape index (κ3) is 13.9. The van der Waals surface area contributed by atoms with E-state index in [-0.39, 0.29) is 11.7 Å². The normalized spacial score (nSPS) is 10.7. The fourth-order valence-corrected chi connectivity index (χ4v) is 2.95. The van der Waals surface area contributed by atoms with Crippen LogP contribution in [0.3, 0.4) is 0 Å². The van der Waals surface area contributed by atoms with E-state index in [9.17, 15) is 9.59 Å². The minimum Gasteiger partial charge on any atom is -0.355 e. The fourth-order valence-electron chi connectivity index (χ4n) is 1.12. The minimum absolute atomic E-state index is 0.0303. The van der Waals surface area contributed by atoms with Crippen molar-refractivity contribution in [2.75, 3.05) is 24.6 Å². The first kappa shape index (κ1) is 17.8. The smallest absolute Gasteiger partial charge is 0.220 e. The van der Waals surface area contributed by atoms with Crippen LogP contribution in [0.4, 0.5) is 0 Å². The molecular weight excluding hydrogens is 268 g/mol. The molecule has 0 saturated heterocycles. The Morgan fingerprint density at radius 2 is 1.67 bits per heavy atom. The Morgan fingerprint density at radius 1 is 1.06 bits per heavy atom. The van der Waals surface area contributed by atoms with Crippen LogP contribution >= 0.6 is 21.6 Å². The van der Waals surface area contributed by atoms with E-state index in [1.165, 1.54) is 6.92 Å². The molecular formula is C12H24N2O2S2. The predicted molar refractivity (Wildman–Crippen MR) is 81.0 cm³/mol. The van der Waals surface area contributed by atoms with Crippen molar-refractivity contribution in [1.29, 1.82) is 0 Å². The van der Waals surface area contributed by atoms with Gasteiger partial charge >= 0.3 is 0 Å². The first-order chi connectivity index (χ1) is 8.52. The fraction of sp³-hybridized carbons (Fsp3) is 0.833. The lowest BCUT2D eigenvalue weighted by atomic mass is 10.2. The highest BCUT2D eigenvalue weighted by Gasteiger charge is 2.02. The highest BCUT2D eigenvalue weighted by Crippen LogP contribution is 2.19. The molecule has 0 aliphatic carbocycles. The van der Waals surface area contributed by atoms with Crippen molar-refractivity contribution < 1.29 is 9.59 Å². The molecule has 18 heavy (non-hydrogen) atoms.